The topological polar surface area (TPSA) is 52.6 Å². The van der Waals surface area contributed by atoms with Gasteiger partial charge in [-0.2, -0.15) is 0 Å². The summed E-state index contributed by atoms with van der Waals surface area (Å²) >= 11 is 0. The maximum atomic E-state index is 12.7. The van der Waals surface area contributed by atoms with E-state index in [2.05, 4.69) is 4.74 Å². The summed E-state index contributed by atoms with van der Waals surface area (Å²) in [6.07, 6.45) is -0.953. The predicted molar refractivity (Wildman–Crippen MR) is 88.3 cm³/mol. The number of ether oxygens (including phenoxy) is 2. The highest BCUT2D eigenvalue weighted by molar-refractivity contribution is 6.16. The maximum absolute atomic E-state index is 12.7. The molecular weight excluding hydrogens is 292 g/mol. The molecule has 1 unspecified atom stereocenters. The van der Waals surface area contributed by atoms with Gasteiger partial charge in [-0.1, -0.05) is 48.5 Å². The minimum absolute atomic E-state index is 0.467. The third-order valence-corrected chi connectivity index (χ3v) is 3.79. The first-order valence-electron chi connectivity index (χ1n) is 7.31. The Labute approximate surface area is 133 Å². The van der Waals surface area contributed by atoms with Crippen LogP contribution in [0.2, 0.25) is 0 Å². The average Bonchev–Trinajstić information content (AvgIpc) is 2.58. The number of rotatable bonds is 3. The van der Waals surface area contributed by atoms with Gasteiger partial charge >= 0.3 is 11.9 Å². The number of esters is 2. The smallest absolute Gasteiger partial charge is 0.346 e. The fourth-order valence-electron chi connectivity index (χ4n) is 2.67. The minimum atomic E-state index is -0.953. The number of hydrogen-bond donors (Lipinski definition) is 0. The molecule has 4 nitrogen and oxygen atoms in total. The fraction of sp³-hybridized carbons (Fsp3) is 0.158. The fourth-order valence-corrected chi connectivity index (χ4v) is 2.67. The summed E-state index contributed by atoms with van der Waals surface area (Å²) in [5.41, 5.74) is 0.467. The van der Waals surface area contributed by atoms with Crippen LogP contribution in [0.5, 0.6) is 0 Å². The molecule has 0 spiro atoms. The zero-order valence-electron chi connectivity index (χ0n) is 12.9. The van der Waals surface area contributed by atoms with E-state index in [4.69, 9.17) is 4.74 Å². The van der Waals surface area contributed by atoms with Gasteiger partial charge in [0.05, 0.1) is 12.7 Å². The Morgan fingerprint density at radius 1 is 0.913 bits per heavy atom. The molecule has 116 valence electrons. The van der Waals surface area contributed by atoms with E-state index in [0.717, 1.165) is 21.5 Å². The van der Waals surface area contributed by atoms with Crippen LogP contribution in [0.1, 0.15) is 17.3 Å². The molecule has 0 aliphatic carbocycles. The molecule has 3 aromatic carbocycles. The van der Waals surface area contributed by atoms with Crippen LogP contribution in [0.3, 0.4) is 0 Å². The van der Waals surface area contributed by atoms with Gasteiger partial charge in [-0.25, -0.2) is 9.59 Å². The van der Waals surface area contributed by atoms with Crippen molar-refractivity contribution in [3.05, 3.63) is 60.2 Å². The van der Waals surface area contributed by atoms with Crippen LogP contribution in [0, 0.1) is 0 Å². The molecule has 1 atom stereocenters. The van der Waals surface area contributed by atoms with Crippen molar-refractivity contribution in [3.63, 3.8) is 0 Å². The van der Waals surface area contributed by atoms with Crippen LogP contribution in [-0.4, -0.2) is 25.2 Å². The van der Waals surface area contributed by atoms with Crippen LogP contribution >= 0.6 is 0 Å². The molecule has 0 radical (unpaired) electrons. The molecule has 0 saturated heterocycles. The van der Waals surface area contributed by atoms with Gasteiger partial charge in [-0.15, -0.1) is 0 Å². The molecule has 0 saturated carbocycles. The first-order chi connectivity index (χ1) is 11.1. The van der Waals surface area contributed by atoms with Gasteiger partial charge < -0.3 is 9.47 Å². The molecule has 0 heterocycles. The Morgan fingerprint density at radius 3 is 1.96 bits per heavy atom. The lowest BCUT2D eigenvalue weighted by molar-refractivity contribution is -0.149. The van der Waals surface area contributed by atoms with Crippen LogP contribution in [0.4, 0.5) is 0 Å². The van der Waals surface area contributed by atoms with Crippen molar-refractivity contribution in [1.29, 1.82) is 0 Å². The molecule has 0 bridgehead atoms. The first kappa shape index (κ1) is 15.0. The molecule has 0 amide bonds. The summed E-state index contributed by atoms with van der Waals surface area (Å²) in [5.74, 6) is -1.11. The van der Waals surface area contributed by atoms with Gasteiger partial charge in [0.1, 0.15) is 0 Å². The van der Waals surface area contributed by atoms with Gasteiger partial charge in [0, 0.05) is 0 Å². The summed E-state index contributed by atoms with van der Waals surface area (Å²) in [7, 11) is 1.26. The van der Waals surface area contributed by atoms with Crippen LogP contribution in [0.25, 0.3) is 21.5 Å². The monoisotopic (exact) mass is 308 g/mol. The van der Waals surface area contributed by atoms with E-state index in [1.807, 2.05) is 54.6 Å². The summed E-state index contributed by atoms with van der Waals surface area (Å²) in [4.78, 5) is 24.2. The molecule has 23 heavy (non-hydrogen) atoms. The van der Waals surface area contributed by atoms with Crippen molar-refractivity contribution in [2.75, 3.05) is 7.11 Å². The van der Waals surface area contributed by atoms with E-state index in [-0.39, 0.29) is 0 Å². The minimum Gasteiger partial charge on any atom is -0.466 e. The Balaban J connectivity index is 2.17. The number of carbonyl (C=O) groups is 2. The van der Waals surface area contributed by atoms with Gasteiger partial charge in [0.2, 0.25) is 0 Å². The first-order valence-corrected chi connectivity index (χ1v) is 7.31. The third kappa shape index (κ3) is 2.75. The van der Waals surface area contributed by atoms with Crippen molar-refractivity contribution in [2.24, 2.45) is 0 Å². The van der Waals surface area contributed by atoms with Crippen LogP contribution in [-0.2, 0) is 14.3 Å². The van der Waals surface area contributed by atoms with Gasteiger partial charge in [-0.05, 0) is 34.5 Å². The number of methoxy groups -OCH3 is 1. The SMILES string of the molecule is COC(=O)C(C)OC(=O)c1c2ccccc2cc2ccccc12. The average molecular weight is 308 g/mol. The molecule has 0 aromatic heterocycles. The van der Waals surface area contributed by atoms with Gasteiger partial charge in [0.15, 0.2) is 6.10 Å². The zero-order valence-corrected chi connectivity index (χ0v) is 12.9. The van der Waals surface area contributed by atoms with E-state index in [0.29, 0.717) is 5.56 Å². The van der Waals surface area contributed by atoms with Crippen molar-refractivity contribution in [2.45, 2.75) is 13.0 Å². The van der Waals surface area contributed by atoms with E-state index in [9.17, 15) is 9.59 Å². The van der Waals surface area contributed by atoms with Crippen molar-refractivity contribution < 1.29 is 19.1 Å². The summed E-state index contributed by atoms with van der Waals surface area (Å²) in [5, 5.41) is 3.49. The second-order valence-electron chi connectivity index (χ2n) is 5.26. The number of hydrogen-bond acceptors (Lipinski definition) is 4. The van der Waals surface area contributed by atoms with Crippen molar-refractivity contribution in [1.82, 2.24) is 0 Å². The Bertz CT molecular complexity index is 844. The number of carbonyl (C=O) groups excluding carboxylic acids is 2. The quantitative estimate of drug-likeness (QED) is 0.547. The third-order valence-electron chi connectivity index (χ3n) is 3.79. The van der Waals surface area contributed by atoms with E-state index in [1.165, 1.54) is 14.0 Å². The highest BCUT2D eigenvalue weighted by atomic mass is 16.6. The Morgan fingerprint density at radius 2 is 1.43 bits per heavy atom. The highest BCUT2D eigenvalue weighted by Gasteiger charge is 2.22. The summed E-state index contributed by atoms with van der Waals surface area (Å²) in [6, 6.07) is 17.3. The summed E-state index contributed by atoms with van der Waals surface area (Å²) < 4.78 is 9.90. The molecule has 3 aromatic rings. The van der Waals surface area contributed by atoms with Crippen molar-refractivity contribution in [3.8, 4) is 0 Å². The second-order valence-corrected chi connectivity index (χ2v) is 5.26. The molecule has 0 aliphatic rings. The Hall–Kier alpha value is -2.88. The number of fused-ring (bicyclic) bond motifs is 2. The molecular formula is C19H16O4. The van der Waals surface area contributed by atoms with Crippen LogP contribution in [0.15, 0.2) is 54.6 Å². The van der Waals surface area contributed by atoms with E-state index < -0.39 is 18.0 Å². The molecule has 0 fully saturated rings. The molecule has 3 rings (SSSR count). The lowest BCUT2D eigenvalue weighted by atomic mass is 9.97. The normalized spacial score (nSPS) is 12.1. The predicted octanol–water partition coefficient (Wildman–Crippen LogP) is 3.71. The second kappa shape index (κ2) is 6.08. The van der Waals surface area contributed by atoms with Gasteiger partial charge in [0.25, 0.3) is 0 Å². The molecule has 4 heteroatoms. The molecule has 0 aliphatic heterocycles. The van der Waals surface area contributed by atoms with Crippen molar-refractivity contribution >= 4 is 33.5 Å². The van der Waals surface area contributed by atoms with E-state index in [1.54, 1.807) is 0 Å². The lowest BCUT2D eigenvalue weighted by Gasteiger charge is -2.14. The van der Waals surface area contributed by atoms with E-state index >= 15 is 0 Å². The van der Waals surface area contributed by atoms with Gasteiger partial charge in [-0.3, -0.25) is 0 Å². The zero-order chi connectivity index (χ0) is 16.4. The summed E-state index contributed by atoms with van der Waals surface area (Å²) in [6.45, 7) is 1.50. The maximum Gasteiger partial charge on any atom is 0.346 e. The standard InChI is InChI=1S/C19H16O4/c1-12(18(20)22-2)23-19(21)17-15-9-5-3-7-13(15)11-14-8-4-6-10-16(14)17/h3-12H,1-2H3. The molecule has 0 N–H and O–H groups in total. The highest BCUT2D eigenvalue weighted by Crippen LogP contribution is 2.29. The van der Waals surface area contributed by atoms with Crippen LogP contribution < -0.4 is 0 Å². The largest absolute Gasteiger partial charge is 0.466 e. The lowest BCUT2D eigenvalue weighted by Crippen LogP contribution is -2.25. The Kier molecular flexibility index (Phi) is 3.98. The number of benzene rings is 3.